The molecule has 1 unspecified atom stereocenters. The quantitative estimate of drug-likeness (QED) is 0.293. The number of likely N-dealkylation sites (N-methyl/N-ethyl adjacent to an activating group) is 2. The van der Waals surface area contributed by atoms with E-state index in [1.54, 1.807) is 0 Å². The number of benzene rings is 2. The van der Waals surface area contributed by atoms with Crippen LogP contribution in [0.5, 0.6) is 0 Å². The van der Waals surface area contributed by atoms with Crippen molar-refractivity contribution in [2.75, 3.05) is 57.1 Å². The highest BCUT2D eigenvalue weighted by atomic mass is 35.5. The van der Waals surface area contributed by atoms with Crippen LogP contribution in [0.1, 0.15) is 81.6 Å². The molecule has 216 valence electrons. The minimum atomic E-state index is 0.286. The van der Waals surface area contributed by atoms with Crippen molar-refractivity contribution in [3.63, 3.8) is 0 Å². The molecule has 1 heterocycles. The Morgan fingerprint density at radius 2 is 1.28 bits per heavy atom. The SMILES string of the molecule is CC(C)c1ccc(N2CCC(N(C)CCN(C)C3CCC(N(C)c4ccc(C(C)S)cc4)CC3)CC2)c(Cl)c1. The van der Waals surface area contributed by atoms with Crippen LogP contribution < -0.4 is 9.80 Å². The highest BCUT2D eigenvalue weighted by molar-refractivity contribution is 7.80. The van der Waals surface area contributed by atoms with Crippen molar-refractivity contribution in [2.45, 2.75) is 88.6 Å². The number of halogens is 1. The number of anilines is 2. The molecule has 0 N–H and O–H groups in total. The zero-order valence-corrected chi connectivity index (χ0v) is 26.8. The number of thiol groups is 1. The van der Waals surface area contributed by atoms with Gasteiger partial charge in [-0.05, 0) is 101 Å². The van der Waals surface area contributed by atoms with Gasteiger partial charge >= 0.3 is 0 Å². The minimum Gasteiger partial charge on any atom is -0.372 e. The van der Waals surface area contributed by atoms with Gasteiger partial charge in [-0.1, -0.05) is 43.6 Å². The molecule has 0 amide bonds. The van der Waals surface area contributed by atoms with Crippen LogP contribution in [0.2, 0.25) is 5.02 Å². The second-order valence-corrected chi connectivity index (χ2v) is 13.6. The summed E-state index contributed by atoms with van der Waals surface area (Å²) in [6, 6.07) is 17.6. The average molecular weight is 571 g/mol. The average Bonchev–Trinajstić information content (AvgIpc) is 2.95. The molecule has 2 aromatic carbocycles. The molecule has 1 aliphatic heterocycles. The number of piperidine rings is 1. The van der Waals surface area contributed by atoms with Crippen molar-refractivity contribution in [1.29, 1.82) is 0 Å². The summed E-state index contributed by atoms with van der Waals surface area (Å²) < 4.78 is 0. The van der Waals surface area contributed by atoms with Crippen molar-refractivity contribution >= 4 is 35.6 Å². The zero-order valence-electron chi connectivity index (χ0n) is 25.1. The lowest BCUT2D eigenvalue weighted by Gasteiger charge is -2.41. The molecular formula is C33H51ClN4S. The lowest BCUT2D eigenvalue weighted by atomic mass is 9.89. The van der Waals surface area contributed by atoms with Crippen LogP contribution in [0.25, 0.3) is 0 Å². The third-order valence-electron chi connectivity index (χ3n) is 9.49. The Balaban J connectivity index is 1.18. The van der Waals surface area contributed by atoms with Crippen LogP contribution in [0.3, 0.4) is 0 Å². The summed E-state index contributed by atoms with van der Waals surface area (Å²) in [6.07, 6.45) is 7.52. The number of rotatable bonds is 10. The van der Waals surface area contributed by atoms with Crippen LogP contribution in [-0.2, 0) is 0 Å². The predicted octanol–water partition coefficient (Wildman–Crippen LogP) is 7.73. The standard InChI is InChI=1S/C33H51ClN4S/c1-24(2)27-9-16-33(32(34)23-27)38-19-17-29(18-20-38)36(5)22-21-35(4)28-12-14-31(15-13-28)37(6)30-10-7-26(8-11-30)25(3)39/h7-11,16,23-25,28-29,31,39H,12-15,17-22H2,1-6H3. The summed E-state index contributed by atoms with van der Waals surface area (Å²) in [6.45, 7) is 11.0. The molecule has 0 radical (unpaired) electrons. The van der Waals surface area contributed by atoms with E-state index in [1.807, 2.05) is 0 Å². The molecule has 0 spiro atoms. The molecule has 0 bridgehead atoms. The summed E-state index contributed by atoms with van der Waals surface area (Å²) in [4.78, 5) is 10.2. The summed E-state index contributed by atoms with van der Waals surface area (Å²) in [5.74, 6) is 0.510. The van der Waals surface area contributed by atoms with Gasteiger partial charge in [-0.3, -0.25) is 0 Å². The first-order valence-electron chi connectivity index (χ1n) is 15.1. The fourth-order valence-electron chi connectivity index (χ4n) is 6.45. The number of hydrogen-bond donors (Lipinski definition) is 1. The molecule has 4 nitrogen and oxygen atoms in total. The first-order valence-corrected chi connectivity index (χ1v) is 16.0. The Kier molecular flexibility index (Phi) is 11.0. The van der Waals surface area contributed by atoms with Gasteiger partial charge in [0, 0.05) is 62.3 Å². The van der Waals surface area contributed by atoms with E-state index >= 15 is 0 Å². The Bertz CT molecular complexity index is 1030. The molecule has 1 atom stereocenters. The van der Waals surface area contributed by atoms with E-state index < -0.39 is 0 Å². The van der Waals surface area contributed by atoms with E-state index in [0.717, 1.165) is 31.2 Å². The normalized spacial score (nSPS) is 21.7. The van der Waals surface area contributed by atoms with Crippen LogP contribution in [0.15, 0.2) is 42.5 Å². The smallest absolute Gasteiger partial charge is 0.0642 e. The van der Waals surface area contributed by atoms with Gasteiger partial charge in [-0.2, -0.15) is 12.6 Å². The molecular weight excluding hydrogens is 520 g/mol. The molecule has 1 saturated carbocycles. The Morgan fingerprint density at radius 1 is 0.769 bits per heavy atom. The second kappa shape index (κ2) is 14.0. The first-order chi connectivity index (χ1) is 18.6. The summed E-state index contributed by atoms with van der Waals surface area (Å²) in [5.41, 5.74) is 5.13. The van der Waals surface area contributed by atoms with Crippen molar-refractivity contribution in [2.24, 2.45) is 0 Å². The molecule has 2 aromatic rings. The van der Waals surface area contributed by atoms with Gasteiger partial charge < -0.3 is 19.6 Å². The van der Waals surface area contributed by atoms with Crippen molar-refractivity contribution in [1.82, 2.24) is 9.80 Å². The summed E-state index contributed by atoms with van der Waals surface area (Å²) in [5, 5.41) is 1.19. The number of nitrogens with zero attached hydrogens (tertiary/aromatic N) is 4. The monoisotopic (exact) mass is 570 g/mol. The van der Waals surface area contributed by atoms with Crippen molar-refractivity contribution < 1.29 is 0 Å². The first kappa shape index (κ1) is 30.6. The molecule has 1 saturated heterocycles. The highest BCUT2D eigenvalue weighted by Crippen LogP contribution is 2.33. The molecule has 0 aromatic heterocycles. The van der Waals surface area contributed by atoms with Crippen LogP contribution in [0.4, 0.5) is 11.4 Å². The Labute approximate surface area is 249 Å². The lowest BCUT2D eigenvalue weighted by Crippen LogP contribution is -2.47. The summed E-state index contributed by atoms with van der Waals surface area (Å²) >= 11 is 11.2. The maximum atomic E-state index is 6.67. The van der Waals surface area contributed by atoms with Crippen LogP contribution >= 0.6 is 24.2 Å². The summed E-state index contributed by atoms with van der Waals surface area (Å²) in [7, 11) is 6.93. The largest absolute Gasteiger partial charge is 0.372 e. The van der Waals surface area contributed by atoms with E-state index in [2.05, 4.69) is 117 Å². The van der Waals surface area contributed by atoms with E-state index in [9.17, 15) is 0 Å². The van der Waals surface area contributed by atoms with Gasteiger partial charge in [0.1, 0.15) is 0 Å². The third kappa shape index (κ3) is 7.87. The lowest BCUT2D eigenvalue weighted by molar-refractivity contribution is 0.139. The fraction of sp³-hybridized carbons (Fsp3) is 0.636. The van der Waals surface area contributed by atoms with Crippen LogP contribution in [-0.4, -0.2) is 75.2 Å². The third-order valence-corrected chi connectivity index (χ3v) is 10.1. The predicted molar refractivity (Wildman–Crippen MR) is 174 cm³/mol. The molecule has 1 aliphatic carbocycles. The van der Waals surface area contributed by atoms with E-state index in [4.69, 9.17) is 11.6 Å². The molecule has 4 rings (SSSR count). The Morgan fingerprint density at radius 3 is 1.79 bits per heavy atom. The molecule has 2 aliphatic rings. The van der Waals surface area contributed by atoms with Crippen LogP contribution in [0, 0.1) is 0 Å². The van der Waals surface area contributed by atoms with Gasteiger partial charge in [0.25, 0.3) is 0 Å². The van der Waals surface area contributed by atoms with E-state index in [1.165, 1.54) is 61.0 Å². The fourth-order valence-corrected chi connectivity index (χ4v) is 6.93. The maximum Gasteiger partial charge on any atom is 0.0642 e. The van der Waals surface area contributed by atoms with Crippen molar-refractivity contribution in [3.8, 4) is 0 Å². The zero-order chi connectivity index (χ0) is 28.1. The van der Waals surface area contributed by atoms with Gasteiger partial charge in [0.2, 0.25) is 0 Å². The van der Waals surface area contributed by atoms with E-state index in [-0.39, 0.29) is 5.25 Å². The molecule has 39 heavy (non-hydrogen) atoms. The highest BCUT2D eigenvalue weighted by Gasteiger charge is 2.28. The van der Waals surface area contributed by atoms with Gasteiger partial charge in [-0.25, -0.2) is 0 Å². The van der Waals surface area contributed by atoms with Crippen molar-refractivity contribution in [3.05, 3.63) is 58.6 Å². The van der Waals surface area contributed by atoms with E-state index in [0.29, 0.717) is 24.0 Å². The van der Waals surface area contributed by atoms with Gasteiger partial charge in [0.15, 0.2) is 0 Å². The molecule has 6 heteroatoms. The minimum absolute atomic E-state index is 0.286. The topological polar surface area (TPSA) is 13.0 Å². The maximum absolute atomic E-state index is 6.67. The Hall–Kier alpha value is -1.40. The van der Waals surface area contributed by atoms with Gasteiger partial charge in [-0.15, -0.1) is 0 Å². The second-order valence-electron chi connectivity index (χ2n) is 12.4. The number of hydrogen-bond acceptors (Lipinski definition) is 5. The molecule has 2 fully saturated rings. The van der Waals surface area contributed by atoms with Gasteiger partial charge in [0.05, 0.1) is 10.7 Å².